The minimum atomic E-state index is -0.731. The number of hydrogen-bond donors (Lipinski definition) is 2. The van der Waals surface area contributed by atoms with Crippen LogP contribution in [0.3, 0.4) is 0 Å². The van der Waals surface area contributed by atoms with E-state index in [9.17, 15) is 9.18 Å². The van der Waals surface area contributed by atoms with E-state index in [2.05, 4.69) is 15.3 Å². The summed E-state index contributed by atoms with van der Waals surface area (Å²) in [5, 5.41) is 2.92. The summed E-state index contributed by atoms with van der Waals surface area (Å²) in [6, 6.07) is 6.61. The molecule has 0 radical (unpaired) electrons. The molecule has 0 aliphatic heterocycles. The zero-order valence-electron chi connectivity index (χ0n) is 11.7. The molecule has 2 N–H and O–H groups in total. The van der Waals surface area contributed by atoms with Gasteiger partial charge in [-0.1, -0.05) is 31.0 Å². The Bertz CT molecular complexity index is 618. The third kappa shape index (κ3) is 2.55. The summed E-state index contributed by atoms with van der Waals surface area (Å²) in [6.07, 6.45) is 6.54. The molecule has 1 amide bonds. The van der Waals surface area contributed by atoms with Crippen LogP contribution in [0.25, 0.3) is 0 Å². The van der Waals surface area contributed by atoms with E-state index in [1.165, 1.54) is 6.07 Å². The van der Waals surface area contributed by atoms with Crippen LogP contribution < -0.4 is 5.32 Å². The van der Waals surface area contributed by atoms with Crippen LogP contribution in [-0.4, -0.2) is 15.9 Å². The second kappa shape index (κ2) is 5.68. The van der Waals surface area contributed by atoms with Crippen LogP contribution >= 0.6 is 0 Å². The molecule has 1 saturated carbocycles. The van der Waals surface area contributed by atoms with Crippen molar-refractivity contribution in [2.45, 2.75) is 37.6 Å². The first-order chi connectivity index (χ1) is 10.2. The molecule has 2 aromatic rings. The Kier molecular flexibility index (Phi) is 3.73. The number of H-pyrrole nitrogens is 1. The number of hydrogen-bond acceptors (Lipinski definition) is 2. The van der Waals surface area contributed by atoms with Gasteiger partial charge in [-0.2, -0.15) is 0 Å². The van der Waals surface area contributed by atoms with Gasteiger partial charge in [0.25, 0.3) is 0 Å². The van der Waals surface area contributed by atoms with Crippen molar-refractivity contribution in [3.05, 3.63) is 53.9 Å². The van der Waals surface area contributed by atoms with Gasteiger partial charge in [-0.15, -0.1) is 0 Å². The van der Waals surface area contributed by atoms with Crippen LogP contribution in [-0.2, 0) is 16.8 Å². The predicted molar refractivity (Wildman–Crippen MR) is 77.0 cm³/mol. The lowest BCUT2D eigenvalue weighted by molar-refractivity contribution is -0.127. The van der Waals surface area contributed by atoms with Crippen LogP contribution in [0.15, 0.2) is 36.8 Å². The quantitative estimate of drug-likeness (QED) is 0.908. The van der Waals surface area contributed by atoms with Crippen LogP contribution in [0, 0.1) is 5.82 Å². The van der Waals surface area contributed by atoms with Gasteiger partial charge >= 0.3 is 0 Å². The summed E-state index contributed by atoms with van der Waals surface area (Å²) in [6.45, 7) is 0.384. The van der Waals surface area contributed by atoms with Gasteiger partial charge < -0.3 is 10.3 Å². The lowest BCUT2D eigenvalue weighted by atomic mass is 9.77. The summed E-state index contributed by atoms with van der Waals surface area (Å²) in [5.74, 6) is -0.393. The monoisotopic (exact) mass is 287 g/mol. The van der Waals surface area contributed by atoms with E-state index < -0.39 is 5.41 Å². The molecular formula is C16H18FN3O. The molecule has 1 aliphatic rings. The summed E-state index contributed by atoms with van der Waals surface area (Å²) < 4.78 is 14.2. The highest BCUT2D eigenvalue weighted by atomic mass is 19.1. The summed E-state index contributed by atoms with van der Waals surface area (Å²) in [5.41, 5.74) is 0.625. The number of carbonyl (C=O) groups excluding carboxylic acids is 1. The third-order valence-corrected chi connectivity index (χ3v) is 4.28. The number of aromatic nitrogens is 2. The number of amides is 1. The van der Waals surface area contributed by atoms with Gasteiger partial charge in [0.2, 0.25) is 5.91 Å². The molecule has 5 heteroatoms. The summed E-state index contributed by atoms with van der Waals surface area (Å²) in [4.78, 5) is 19.6. The van der Waals surface area contributed by atoms with Crippen molar-refractivity contribution in [2.24, 2.45) is 0 Å². The molecule has 1 aliphatic carbocycles. The first kappa shape index (κ1) is 13.8. The molecule has 1 fully saturated rings. The van der Waals surface area contributed by atoms with E-state index in [1.54, 1.807) is 30.7 Å². The van der Waals surface area contributed by atoms with Gasteiger partial charge in [0.1, 0.15) is 5.82 Å². The van der Waals surface area contributed by atoms with Crippen molar-refractivity contribution in [1.82, 2.24) is 15.3 Å². The topological polar surface area (TPSA) is 57.8 Å². The number of nitrogens with zero attached hydrogens (tertiary/aromatic N) is 1. The number of aromatic amines is 1. The van der Waals surface area contributed by atoms with Crippen molar-refractivity contribution in [3.63, 3.8) is 0 Å². The number of benzene rings is 1. The van der Waals surface area contributed by atoms with Gasteiger partial charge in [-0.3, -0.25) is 4.79 Å². The van der Waals surface area contributed by atoms with Gasteiger partial charge in [0.15, 0.2) is 0 Å². The number of carbonyl (C=O) groups is 1. The normalized spacial score (nSPS) is 16.8. The van der Waals surface area contributed by atoms with E-state index in [0.717, 1.165) is 18.5 Å². The Morgan fingerprint density at radius 2 is 2.10 bits per heavy atom. The van der Waals surface area contributed by atoms with Gasteiger partial charge in [-0.05, 0) is 18.9 Å². The Morgan fingerprint density at radius 3 is 2.76 bits per heavy atom. The SMILES string of the molecule is O=C(NCc1cnc[nH]1)C1(c2ccccc2F)CCCC1. The molecule has 1 heterocycles. The molecule has 0 unspecified atom stereocenters. The maximum atomic E-state index is 14.2. The van der Waals surface area contributed by atoms with Crippen molar-refractivity contribution >= 4 is 5.91 Å². The zero-order chi connectivity index (χ0) is 14.7. The molecule has 3 rings (SSSR count). The molecule has 0 spiro atoms. The molecule has 110 valence electrons. The smallest absolute Gasteiger partial charge is 0.231 e. The number of nitrogens with one attached hydrogen (secondary N) is 2. The highest BCUT2D eigenvalue weighted by Gasteiger charge is 2.44. The van der Waals surface area contributed by atoms with Crippen molar-refractivity contribution < 1.29 is 9.18 Å². The highest BCUT2D eigenvalue weighted by Crippen LogP contribution is 2.42. The molecular weight excluding hydrogens is 269 g/mol. The van der Waals surface area contributed by atoms with Crippen molar-refractivity contribution in [3.8, 4) is 0 Å². The van der Waals surface area contributed by atoms with E-state index >= 15 is 0 Å². The molecule has 0 saturated heterocycles. The summed E-state index contributed by atoms with van der Waals surface area (Å²) in [7, 11) is 0. The lowest BCUT2D eigenvalue weighted by Crippen LogP contribution is -2.42. The van der Waals surface area contributed by atoms with Crippen LogP contribution in [0.1, 0.15) is 36.9 Å². The van der Waals surface area contributed by atoms with Gasteiger partial charge in [0.05, 0.1) is 24.0 Å². The number of halogens is 1. The molecule has 1 aromatic heterocycles. The van der Waals surface area contributed by atoms with Crippen molar-refractivity contribution in [2.75, 3.05) is 0 Å². The molecule has 1 aromatic carbocycles. The highest BCUT2D eigenvalue weighted by molar-refractivity contribution is 5.88. The molecule has 0 bridgehead atoms. The van der Waals surface area contributed by atoms with Gasteiger partial charge in [-0.25, -0.2) is 9.37 Å². The Hall–Kier alpha value is -2.17. The third-order valence-electron chi connectivity index (χ3n) is 4.28. The second-order valence-corrected chi connectivity index (χ2v) is 5.53. The fraction of sp³-hybridized carbons (Fsp3) is 0.375. The Labute approximate surface area is 122 Å². The first-order valence-corrected chi connectivity index (χ1v) is 7.23. The van der Waals surface area contributed by atoms with E-state index in [0.29, 0.717) is 24.9 Å². The number of rotatable bonds is 4. The number of imidazole rings is 1. The largest absolute Gasteiger partial charge is 0.350 e. The average molecular weight is 287 g/mol. The maximum Gasteiger partial charge on any atom is 0.231 e. The van der Waals surface area contributed by atoms with Crippen molar-refractivity contribution in [1.29, 1.82) is 0 Å². The average Bonchev–Trinajstić information content (AvgIpc) is 3.17. The predicted octanol–water partition coefficient (Wildman–Crippen LogP) is 2.68. The van der Waals surface area contributed by atoms with E-state index in [4.69, 9.17) is 0 Å². The van der Waals surface area contributed by atoms with Crippen LogP contribution in [0.5, 0.6) is 0 Å². The summed E-state index contributed by atoms with van der Waals surface area (Å²) >= 11 is 0. The lowest BCUT2D eigenvalue weighted by Gasteiger charge is -2.28. The molecule has 0 atom stereocenters. The Morgan fingerprint density at radius 1 is 1.33 bits per heavy atom. The van der Waals surface area contributed by atoms with E-state index in [1.807, 2.05) is 0 Å². The minimum Gasteiger partial charge on any atom is -0.350 e. The van der Waals surface area contributed by atoms with Crippen LogP contribution in [0.4, 0.5) is 4.39 Å². The fourth-order valence-corrected chi connectivity index (χ4v) is 3.17. The van der Waals surface area contributed by atoms with Crippen LogP contribution in [0.2, 0.25) is 0 Å². The van der Waals surface area contributed by atoms with E-state index in [-0.39, 0.29) is 11.7 Å². The molecule has 4 nitrogen and oxygen atoms in total. The second-order valence-electron chi connectivity index (χ2n) is 5.53. The first-order valence-electron chi connectivity index (χ1n) is 7.23. The maximum absolute atomic E-state index is 14.2. The standard InChI is InChI=1S/C16H18FN3O/c17-14-6-2-1-5-13(14)16(7-3-4-8-16)15(21)19-10-12-9-18-11-20-12/h1-2,5-6,9,11H,3-4,7-8,10H2,(H,18,20)(H,19,21). The molecule has 21 heavy (non-hydrogen) atoms. The fourth-order valence-electron chi connectivity index (χ4n) is 3.17. The zero-order valence-corrected chi connectivity index (χ0v) is 11.7. The Balaban J connectivity index is 1.84. The van der Waals surface area contributed by atoms with Gasteiger partial charge in [0, 0.05) is 11.8 Å². The minimum absolute atomic E-state index is 0.0975.